The maximum atomic E-state index is 12.6. The van der Waals surface area contributed by atoms with Crippen molar-refractivity contribution in [2.75, 3.05) is 26.2 Å². The van der Waals surface area contributed by atoms with Gasteiger partial charge in [0.25, 0.3) is 0 Å². The molecule has 0 N–H and O–H groups in total. The van der Waals surface area contributed by atoms with Gasteiger partial charge in [-0.2, -0.15) is 0 Å². The molecule has 2 saturated heterocycles. The number of rotatable bonds is 4. The van der Waals surface area contributed by atoms with E-state index in [4.69, 9.17) is 0 Å². The Morgan fingerprint density at radius 3 is 2.92 bits per heavy atom. The van der Waals surface area contributed by atoms with E-state index < -0.39 is 0 Å². The molecule has 2 aliphatic rings. The molecule has 2 amide bonds. The number of piperidine rings is 1. The Kier molecular flexibility index (Phi) is 5.83. The molecule has 2 fully saturated rings. The summed E-state index contributed by atoms with van der Waals surface area (Å²) in [5.41, 5.74) is 1.10. The van der Waals surface area contributed by atoms with Crippen LogP contribution in [0.5, 0.6) is 0 Å². The predicted molar refractivity (Wildman–Crippen MR) is 92.3 cm³/mol. The standard InChI is InChI=1S/C19H27N3O2/c23-18-9-2-1-5-11-22(18)15-19(24)21-12-6-7-16(14-21)13-17-8-3-4-10-20-17/h3-4,8,10,16H,1-2,5-7,9,11-15H2/t16-/m1/s1. The van der Waals surface area contributed by atoms with E-state index in [-0.39, 0.29) is 18.4 Å². The van der Waals surface area contributed by atoms with Gasteiger partial charge in [-0.25, -0.2) is 0 Å². The number of amides is 2. The summed E-state index contributed by atoms with van der Waals surface area (Å²) in [5, 5.41) is 0. The minimum atomic E-state index is 0.107. The van der Waals surface area contributed by atoms with Gasteiger partial charge in [0.15, 0.2) is 0 Å². The van der Waals surface area contributed by atoms with Crippen molar-refractivity contribution in [2.24, 2.45) is 5.92 Å². The first kappa shape index (κ1) is 16.9. The Balaban J connectivity index is 1.53. The van der Waals surface area contributed by atoms with Crippen LogP contribution in [0.1, 0.15) is 44.2 Å². The van der Waals surface area contributed by atoms with Gasteiger partial charge in [-0.15, -0.1) is 0 Å². The molecule has 0 aromatic carbocycles. The molecule has 1 atom stereocenters. The van der Waals surface area contributed by atoms with Gasteiger partial charge in [0.05, 0.1) is 6.54 Å². The van der Waals surface area contributed by atoms with Crippen LogP contribution < -0.4 is 0 Å². The molecular weight excluding hydrogens is 302 g/mol. The summed E-state index contributed by atoms with van der Waals surface area (Å²) >= 11 is 0. The van der Waals surface area contributed by atoms with Crippen molar-refractivity contribution >= 4 is 11.8 Å². The summed E-state index contributed by atoms with van der Waals surface area (Å²) in [7, 11) is 0. The van der Waals surface area contributed by atoms with Gasteiger partial charge in [0.2, 0.25) is 11.8 Å². The van der Waals surface area contributed by atoms with Crippen molar-refractivity contribution < 1.29 is 9.59 Å². The molecule has 24 heavy (non-hydrogen) atoms. The molecule has 0 saturated carbocycles. The molecule has 130 valence electrons. The van der Waals surface area contributed by atoms with Crippen LogP contribution in [0.3, 0.4) is 0 Å². The lowest BCUT2D eigenvalue weighted by atomic mass is 9.93. The minimum absolute atomic E-state index is 0.107. The first-order chi connectivity index (χ1) is 11.7. The highest BCUT2D eigenvalue weighted by molar-refractivity contribution is 5.85. The fraction of sp³-hybridized carbons (Fsp3) is 0.632. The number of aromatic nitrogens is 1. The van der Waals surface area contributed by atoms with Crippen molar-refractivity contribution in [1.29, 1.82) is 0 Å². The normalized spacial score (nSPS) is 22.3. The van der Waals surface area contributed by atoms with E-state index in [0.29, 0.717) is 12.3 Å². The number of carbonyl (C=O) groups excluding carboxylic acids is 2. The molecule has 5 heteroatoms. The first-order valence-corrected chi connectivity index (χ1v) is 9.18. The van der Waals surface area contributed by atoms with Crippen molar-refractivity contribution in [3.63, 3.8) is 0 Å². The minimum Gasteiger partial charge on any atom is -0.341 e. The van der Waals surface area contributed by atoms with E-state index in [1.54, 1.807) is 4.90 Å². The van der Waals surface area contributed by atoms with Gasteiger partial charge in [0, 0.05) is 37.9 Å². The van der Waals surface area contributed by atoms with E-state index >= 15 is 0 Å². The molecule has 0 bridgehead atoms. The highest BCUT2D eigenvalue weighted by Crippen LogP contribution is 2.21. The zero-order valence-electron chi connectivity index (χ0n) is 14.3. The van der Waals surface area contributed by atoms with Crippen LogP contribution in [0.4, 0.5) is 0 Å². The summed E-state index contributed by atoms with van der Waals surface area (Å²) in [6.45, 7) is 2.60. The molecule has 0 spiro atoms. The summed E-state index contributed by atoms with van der Waals surface area (Å²) in [4.78, 5) is 32.8. The molecule has 0 unspecified atom stereocenters. The fourth-order valence-electron chi connectivity index (χ4n) is 3.74. The van der Waals surface area contributed by atoms with Crippen LogP contribution in [0, 0.1) is 5.92 Å². The summed E-state index contributed by atoms with van der Waals surface area (Å²) in [6.07, 6.45) is 8.59. The highest BCUT2D eigenvalue weighted by Gasteiger charge is 2.27. The van der Waals surface area contributed by atoms with Crippen molar-refractivity contribution in [2.45, 2.75) is 44.9 Å². The highest BCUT2D eigenvalue weighted by atomic mass is 16.2. The number of hydrogen-bond donors (Lipinski definition) is 0. The molecule has 1 aromatic rings. The Hall–Kier alpha value is -1.91. The second kappa shape index (κ2) is 8.27. The average molecular weight is 329 g/mol. The quantitative estimate of drug-likeness (QED) is 0.851. The van der Waals surface area contributed by atoms with E-state index in [0.717, 1.165) is 63.9 Å². The third kappa shape index (κ3) is 4.56. The molecular formula is C19H27N3O2. The van der Waals surface area contributed by atoms with Crippen LogP contribution in [0.2, 0.25) is 0 Å². The SMILES string of the molecule is O=C1CCCCCN1CC(=O)N1CCC[C@H](Cc2ccccn2)C1. The second-order valence-electron chi connectivity index (χ2n) is 7.00. The predicted octanol–water partition coefficient (Wildman–Crippen LogP) is 2.27. The molecule has 0 aliphatic carbocycles. The topological polar surface area (TPSA) is 53.5 Å². The molecule has 5 nitrogen and oxygen atoms in total. The van der Waals surface area contributed by atoms with Gasteiger partial charge >= 0.3 is 0 Å². The van der Waals surface area contributed by atoms with E-state index in [1.165, 1.54) is 0 Å². The lowest BCUT2D eigenvalue weighted by Crippen LogP contribution is -2.46. The van der Waals surface area contributed by atoms with Crippen molar-refractivity contribution in [3.05, 3.63) is 30.1 Å². The lowest BCUT2D eigenvalue weighted by molar-refractivity contribution is -0.141. The van der Waals surface area contributed by atoms with E-state index in [2.05, 4.69) is 11.1 Å². The third-order valence-corrected chi connectivity index (χ3v) is 5.09. The first-order valence-electron chi connectivity index (χ1n) is 9.18. The van der Waals surface area contributed by atoms with Gasteiger partial charge in [-0.3, -0.25) is 14.6 Å². The van der Waals surface area contributed by atoms with Crippen LogP contribution >= 0.6 is 0 Å². The van der Waals surface area contributed by atoms with Gasteiger partial charge in [-0.1, -0.05) is 12.5 Å². The third-order valence-electron chi connectivity index (χ3n) is 5.09. The van der Waals surface area contributed by atoms with Crippen LogP contribution in [-0.4, -0.2) is 52.8 Å². The summed E-state index contributed by atoms with van der Waals surface area (Å²) < 4.78 is 0. The lowest BCUT2D eigenvalue weighted by Gasteiger charge is -2.34. The maximum Gasteiger partial charge on any atom is 0.242 e. The summed E-state index contributed by atoms with van der Waals surface area (Å²) in [6, 6.07) is 5.99. The zero-order valence-corrected chi connectivity index (χ0v) is 14.3. The Morgan fingerprint density at radius 2 is 2.08 bits per heavy atom. The van der Waals surface area contributed by atoms with Crippen molar-refractivity contribution in [1.82, 2.24) is 14.8 Å². The van der Waals surface area contributed by atoms with Crippen LogP contribution in [0.25, 0.3) is 0 Å². The summed E-state index contributed by atoms with van der Waals surface area (Å²) in [5.74, 6) is 0.719. The molecule has 3 rings (SSSR count). The number of nitrogens with zero attached hydrogens (tertiary/aromatic N) is 3. The smallest absolute Gasteiger partial charge is 0.242 e. The monoisotopic (exact) mass is 329 g/mol. The molecule has 2 aliphatic heterocycles. The van der Waals surface area contributed by atoms with Gasteiger partial charge < -0.3 is 9.80 Å². The van der Waals surface area contributed by atoms with Gasteiger partial charge in [0.1, 0.15) is 0 Å². The zero-order chi connectivity index (χ0) is 16.8. The Bertz CT molecular complexity index is 561. The largest absolute Gasteiger partial charge is 0.341 e. The molecule has 1 aromatic heterocycles. The number of pyridine rings is 1. The number of likely N-dealkylation sites (tertiary alicyclic amines) is 2. The van der Waals surface area contributed by atoms with Gasteiger partial charge in [-0.05, 0) is 50.2 Å². The van der Waals surface area contributed by atoms with Crippen molar-refractivity contribution in [3.8, 4) is 0 Å². The average Bonchev–Trinajstić information content (AvgIpc) is 2.81. The molecule has 0 radical (unpaired) electrons. The fourth-order valence-corrected chi connectivity index (χ4v) is 3.74. The molecule has 3 heterocycles. The Morgan fingerprint density at radius 1 is 1.17 bits per heavy atom. The van der Waals surface area contributed by atoms with E-state index in [9.17, 15) is 9.59 Å². The van der Waals surface area contributed by atoms with E-state index in [1.807, 2.05) is 23.2 Å². The number of hydrogen-bond acceptors (Lipinski definition) is 3. The Labute approximate surface area is 144 Å². The van der Waals surface area contributed by atoms with Crippen LogP contribution in [-0.2, 0) is 16.0 Å². The van der Waals surface area contributed by atoms with Crippen LogP contribution in [0.15, 0.2) is 24.4 Å². The number of carbonyl (C=O) groups is 2. The second-order valence-corrected chi connectivity index (χ2v) is 7.00. The maximum absolute atomic E-state index is 12.6.